The molecule has 2 fully saturated rings. The van der Waals surface area contributed by atoms with Crippen LogP contribution in [0, 0.1) is 5.92 Å². The number of hydrogen-bond acceptors (Lipinski definition) is 3. The lowest BCUT2D eigenvalue weighted by atomic mass is 9.93. The monoisotopic (exact) mass is 281 g/mol. The van der Waals surface area contributed by atoms with Crippen molar-refractivity contribution in [3.05, 3.63) is 0 Å². The van der Waals surface area contributed by atoms with Gasteiger partial charge < -0.3 is 15.5 Å². The predicted molar refractivity (Wildman–Crippen MR) is 82.7 cm³/mol. The molecule has 20 heavy (non-hydrogen) atoms. The quantitative estimate of drug-likeness (QED) is 0.747. The van der Waals surface area contributed by atoms with Gasteiger partial charge in [0.15, 0.2) is 0 Å². The topological polar surface area (TPSA) is 44.4 Å². The molecular weight excluding hydrogens is 250 g/mol. The van der Waals surface area contributed by atoms with Gasteiger partial charge in [0.1, 0.15) is 0 Å². The molecule has 0 aromatic carbocycles. The molecule has 4 nitrogen and oxygen atoms in total. The summed E-state index contributed by atoms with van der Waals surface area (Å²) in [5.41, 5.74) is 0. The summed E-state index contributed by atoms with van der Waals surface area (Å²) in [6.45, 7) is 4.04. The van der Waals surface area contributed by atoms with E-state index in [9.17, 15) is 4.79 Å². The van der Waals surface area contributed by atoms with Gasteiger partial charge in [0.25, 0.3) is 0 Å². The number of likely N-dealkylation sites (N-methyl/N-ethyl adjacent to an activating group) is 1. The highest BCUT2D eigenvalue weighted by Gasteiger charge is 2.19. The Hall–Kier alpha value is -0.610. The van der Waals surface area contributed by atoms with Gasteiger partial charge in [-0.3, -0.25) is 4.79 Å². The first-order valence-electron chi connectivity index (χ1n) is 8.43. The Kier molecular flexibility index (Phi) is 6.80. The Morgan fingerprint density at radius 1 is 1.20 bits per heavy atom. The molecular formula is C16H31N3O. The van der Waals surface area contributed by atoms with Crippen molar-refractivity contribution in [3.63, 3.8) is 0 Å². The lowest BCUT2D eigenvalue weighted by Crippen LogP contribution is -2.37. The zero-order valence-electron chi connectivity index (χ0n) is 13.0. The van der Waals surface area contributed by atoms with Gasteiger partial charge in [-0.1, -0.05) is 12.8 Å². The Morgan fingerprint density at radius 3 is 2.60 bits per heavy atom. The average Bonchev–Trinajstić information content (AvgIpc) is 3.00. The van der Waals surface area contributed by atoms with Gasteiger partial charge in [-0.15, -0.1) is 0 Å². The lowest BCUT2D eigenvalue weighted by molar-refractivity contribution is -0.121. The third-order valence-electron chi connectivity index (χ3n) is 4.97. The maximum atomic E-state index is 11.8. The highest BCUT2D eigenvalue weighted by molar-refractivity contribution is 5.75. The minimum Gasteiger partial charge on any atom is -0.355 e. The number of hydrogen-bond donors (Lipinski definition) is 2. The van der Waals surface area contributed by atoms with Crippen LogP contribution in [-0.2, 0) is 4.79 Å². The Bertz CT molecular complexity index is 283. The van der Waals surface area contributed by atoms with E-state index >= 15 is 0 Å². The van der Waals surface area contributed by atoms with E-state index in [4.69, 9.17) is 0 Å². The molecule has 0 unspecified atom stereocenters. The van der Waals surface area contributed by atoms with Crippen molar-refractivity contribution in [2.75, 3.05) is 33.2 Å². The van der Waals surface area contributed by atoms with Gasteiger partial charge in [0.05, 0.1) is 0 Å². The van der Waals surface area contributed by atoms with Crippen LogP contribution in [0.2, 0.25) is 0 Å². The normalized spacial score (nSPS) is 21.5. The van der Waals surface area contributed by atoms with E-state index < -0.39 is 0 Å². The van der Waals surface area contributed by atoms with Crippen LogP contribution in [0.5, 0.6) is 0 Å². The molecule has 1 aliphatic carbocycles. The van der Waals surface area contributed by atoms with Crippen LogP contribution in [0.3, 0.4) is 0 Å². The molecule has 2 N–H and O–H groups in total. The summed E-state index contributed by atoms with van der Waals surface area (Å²) in [6, 6.07) is 0.752. The first-order valence-corrected chi connectivity index (χ1v) is 8.43. The van der Waals surface area contributed by atoms with Crippen LogP contribution in [0.15, 0.2) is 0 Å². The second kappa shape index (κ2) is 8.63. The van der Waals surface area contributed by atoms with Crippen molar-refractivity contribution >= 4 is 5.91 Å². The van der Waals surface area contributed by atoms with Crippen molar-refractivity contribution in [2.45, 2.75) is 57.4 Å². The maximum absolute atomic E-state index is 11.8. The standard InChI is InChI=1S/C16H31N3O/c1-19(15-4-2-3-5-15)13-12-18-16(20)7-6-14-8-10-17-11-9-14/h14-15,17H,2-13H2,1H3,(H,18,20). The van der Waals surface area contributed by atoms with Crippen LogP contribution in [-0.4, -0.2) is 50.1 Å². The van der Waals surface area contributed by atoms with Gasteiger partial charge >= 0.3 is 0 Å². The third-order valence-corrected chi connectivity index (χ3v) is 4.97. The number of carbonyl (C=O) groups is 1. The Labute approximate surface area is 123 Å². The number of nitrogens with one attached hydrogen (secondary N) is 2. The molecule has 1 saturated heterocycles. The van der Waals surface area contributed by atoms with Crippen molar-refractivity contribution in [1.29, 1.82) is 0 Å². The maximum Gasteiger partial charge on any atom is 0.220 e. The zero-order valence-corrected chi connectivity index (χ0v) is 13.0. The highest BCUT2D eigenvalue weighted by atomic mass is 16.1. The number of amides is 1. The summed E-state index contributed by atoms with van der Waals surface area (Å²) in [4.78, 5) is 14.3. The summed E-state index contributed by atoms with van der Waals surface area (Å²) >= 11 is 0. The van der Waals surface area contributed by atoms with Crippen LogP contribution >= 0.6 is 0 Å². The van der Waals surface area contributed by atoms with Crippen LogP contribution in [0.4, 0.5) is 0 Å². The Balaban J connectivity index is 1.51. The number of piperidine rings is 1. The lowest BCUT2D eigenvalue weighted by Gasteiger charge is -2.24. The van der Waals surface area contributed by atoms with Gasteiger partial charge in [-0.05, 0) is 58.2 Å². The van der Waals surface area contributed by atoms with E-state index in [-0.39, 0.29) is 5.91 Å². The first kappa shape index (κ1) is 15.8. The van der Waals surface area contributed by atoms with Crippen molar-refractivity contribution in [3.8, 4) is 0 Å². The summed E-state index contributed by atoms with van der Waals surface area (Å²) < 4.78 is 0. The predicted octanol–water partition coefficient (Wildman–Crippen LogP) is 1.76. The summed E-state index contributed by atoms with van der Waals surface area (Å²) in [5, 5.41) is 6.45. The Morgan fingerprint density at radius 2 is 1.90 bits per heavy atom. The van der Waals surface area contributed by atoms with E-state index in [0.717, 1.165) is 44.6 Å². The van der Waals surface area contributed by atoms with Crippen molar-refractivity contribution in [1.82, 2.24) is 15.5 Å². The largest absolute Gasteiger partial charge is 0.355 e. The molecule has 0 spiro atoms. The molecule has 4 heteroatoms. The molecule has 1 heterocycles. The van der Waals surface area contributed by atoms with Crippen molar-refractivity contribution < 1.29 is 4.79 Å². The van der Waals surface area contributed by atoms with Crippen LogP contribution < -0.4 is 10.6 Å². The van der Waals surface area contributed by atoms with Gasteiger partial charge in [-0.25, -0.2) is 0 Å². The minimum atomic E-state index is 0.239. The zero-order chi connectivity index (χ0) is 14.2. The number of carbonyl (C=O) groups excluding carboxylic acids is 1. The fourth-order valence-corrected chi connectivity index (χ4v) is 3.49. The molecule has 1 saturated carbocycles. The molecule has 0 aromatic rings. The third kappa shape index (κ3) is 5.41. The van der Waals surface area contributed by atoms with E-state index in [0.29, 0.717) is 6.42 Å². The molecule has 2 aliphatic rings. The minimum absolute atomic E-state index is 0.239. The molecule has 0 atom stereocenters. The van der Waals surface area contributed by atoms with Crippen LogP contribution in [0.25, 0.3) is 0 Å². The van der Waals surface area contributed by atoms with E-state index in [2.05, 4.69) is 22.6 Å². The molecule has 0 bridgehead atoms. The average molecular weight is 281 g/mol. The fraction of sp³-hybridized carbons (Fsp3) is 0.938. The SMILES string of the molecule is CN(CCNC(=O)CCC1CCNCC1)C1CCCC1. The second-order valence-electron chi connectivity index (χ2n) is 6.50. The first-order chi connectivity index (χ1) is 9.75. The fourth-order valence-electron chi connectivity index (χ4n) is 3.49. The molecule has 116 valence electrons. The summed E-state index contributed by atoms with van der Waals surface area (Å²) in [5.74, 6) is 0.992. The number of nitrogens with zero attached hydrogens (tertiary/aromatic N) is 1. The van der Waals surface area contributed by atoms with Gasteiger partial charge in [0, 0.05) is 25.6 Å². The van der Waals surface area contributed by atoms with Gasteiger partial charge in [-0.2, -0.15) is 0 Å². The summed E-state index contributed by atoms with van der Waals surface area (Å²) in [6.07, 6.45) is 9.65. The molecule has 1 amide bonds. The molecule has 1 aliphatic heterocycles. The van der Waals surface area contributed by atoms with Gasteiger partial charge in [0.2, 0.25) is 5.91 Å². The summed E-state index contributed by atoms with van der Waals surface area (Å²) in [7, 11) is 2.19. The van der Waals surface area contributed by atoms with E-state index in [1.165, 1.54) is 38.5 Å². The van der Waals surface area contributed by atoms with E-state index in [1.54, 1.807) is 0 Å². The number of rotatable bonds is 7. The van der Waals surface area contributed by atoms with Crippen LogP contribution in [0.1, 0.15) is 51.4 Å². The smallest absolute Gasteiger partial charge is 0.220 e. The van der Waals surface area contributed by atoms with E-state index in [1.807, 2.05) is 0 Å². The molecule has 0 aromatic heterocycles. The highest BCUT2D eigenvalue weighted by Crippen LogP contribution is 2.21. The second-order valence-corrected chi connectivity index (χ2v) is 6.50. The van der Waals surface area contributed by atoms with Crippen molar-refractivity contribution in [2.24, 2.45) is 5.92 Å². The molecule has 0 radical (unpaired) electrons. The molecule has 2 rings (SSSR count).